The average molecular weight is 662 g/mol. The van der Waals surface area contributed by atoms with Crippen LogP contribution in [-0.2, 0) is 12.8 Å². The molecular formula is C31H24F9NO3S. The van der Waals surface area contributed by atoms with Gasteiger partial charge in [-0.25, -0.2) is 0 Å². The number of aliphatic hydroxyl groups excluding tert-OH is 1. The van der Waals surface area contributed by atoms with Crippen LogP contribution in [0.3, 0.4) is 0 Å². The van der Waals surface area contributed by atoms with Crippen LogP contribution >= 0.6 is 11.8 Å². The third kappa shape index (κ3) is 10.3. The van der Waals surface area contributed by atoms with E-state index < -0.39 is 48.1 Å². The molecule has 0 saturated heterocycles. The topological polar surface area (TPSA) is 50.7 Å². The molecule has 0 bridgehead atoms. The Kier molecular flexibility index (Phi) is 10.6. The van der Waals surface area contributed by atoms with Crippen molar-refractivity contribution in [2.45, 2.75) is 41.6 Å². The van der Waals surface area contributed by atoms with Gasteiger partial charge in [-0.2, -0.15) is 26.3 Å². The predicted octanol–water partition coefficient (Wildman–Crippen LogP) is 9.21. The molecule has 4 nitrogen and oxygen atoms in total. The van der Waals surface area contributed by atoms with Gasteiger partial charge < -0.3 is 14.6 Å². The highest BCUT2D eigenvalue weighted by Crippen LogP contribution is 2.39. The van der Waals surface area contributed by atoms with Crippen molar-refractivity contribution < 1.29 is 54.1 Å². The Bertz CT molecular complexity index is 1540. The van der Waals surface area contributed by atoms with Gasteiger partial charge in [-0.05, 0) is 82.5 Å². The van der Waals surface area contributed by atoms with E-state index in [1.807, 2.05) is 0 Å². The van der Waals surface area contributed by atoms with Crippen LogP contribution in [0.4, 0.5) is 39.5 Å². The molecule has 0 saturated carbocycles. The van der Waals surface area contributed by atoms with Crippen LogP contribution in [-0.4, -0.2) is 23.6 Å². The number of alkyl halides is 9. The van der Waals surface area contributed by atoms with Gasteiger partial charge in [0.05, 0.1) is 24.3 Å². The maximum absolute atomic E-state index is 13.1. The van der Waals surface area contributed by atoms with Gasteiger partial charge in [0, 0.05) is 4.90 Å². The zero-order valence-electron chi connectivity index (χ0n) is 22.9. The van der Waals surface area contributed by atoms with Crippen LogP contribution < -0.4 is 14.8 Å². The van der Waals surface area contributed by atoms with Gasteiger partial charge in [0.1, 0.15) is 18.1 Å². The van der Waals surface area contributed by atoms with Gasteiger partial charge in [0.15, 0.2) is 0 Å². The Morgan fingerprint density at radius 3 is 1.89 bits per heavy atom. The first-order chi connectivity index (χ1) is 21.1. The number of ether oxygens (including phenoxy) is 2. The number of thioether (sulfide) groups is 1. The van der Waals surface area contributed by atoms with Gasteiger partial charge >= 0.3 is 18.0 Å². The van der Waals surface area contributed by atoms with Gasteiger partial charge in [-0.1, -0.05) is 48.5 Å². The molecule has 0 heterocycles. The summed E-state index contributed by atoms with van der Waals surface area (Å²) in [6.07, 6.45) is -9.41. The minimum Gasteiger partial charge on any atom is -0.489 e. The Balaban J connectivity index is 1.61. The first-order valence-corrected chi connectivity index (χ1v) is 13.9. The Hall–Kier alpha value is -3.88. The molecule has 2 unspecified atom stereocenters. The van der Waals surface area contributed by atoms with E-state index in [1.54, 1.807) is 30.3 Å². The highest BCUT2D eigenvalue weighted by Gasteiger charge is 2.32. The minimum absolute atomic E-state index is 0.0453. The first kappa shape index (κ1) is 34.0. The second-order valence-electron chi connectivity index (χ2n) is 9.63. The van der Waals surface area contributed by atoms with Crippen LogP contribution in [0, 0.1) is 0 Å². The molecular weight excluding hydrogens is 637 g/mol. The fourth-order valence-corrected chi connectivity index (χ4v) is 4.98. The molecule has 4 aromatic rings. The lowest BCUT2D eigenvalue weighted by Gasteiger charge is -2.27. The molecule has 4 rings (SSSR count). The molecule has 240 valence electrons. The fourth-order valence-electron chi connectivity index (χ4n) is 4.37. The summed E-state index contributed by atoms with van der Waals surface area (Å²) < 4.78 is 126. The van der Waals surface area contributed by atoms with Crippen LogP contribution in [0.5, 0.6) is 11.5 Å². The number of nitrogens with one attached hydrogen (secondary N) is 1. The van der Waals surface area contributed by atoms with E-state index >= 15 is 0 Å². The molecule has 0 spiro atoms. The summed E-state index contributed by atoms with van der Waals surface area (Å²) in [5, 5.41) is 13.3. The molecule has 2 atom stereocenters. The number of hydrogen-bond donors (Lipinski definition) is 2. The van der Waals surface area contributed by atoms with Gasteiger partial charge in [-0.15, -0.1) is 13.2 Å². The highest BCUT2D eigenvalue weighted by molar-refractivity contribution is 8.00. The van der Waals surface area contributed by atoms with Crippen LogP contribution in [0.25, 0.3) is 0 Å². The summed E-state index contributed by atoms with van der Waals surface area (Å²) in [5.74, 6) is -0.0922. The highest BCUT2D eigenvalue weighted by atomic mass is 32.2. The quantitative estimate of drug-likeness (QED) is 0.124. The smallest absolute Gasteiger partial charge is 0.489 e. The Labute approximate surface area is 255 Å². The Morgan fingerprint density at radius 2 is 1.31 bits per heavy atom. The first-order valence-electron chi connectivity index (χ1n) is 13.1. The largest absolute Gasteiger partial charge is 0.573 e. The van der Waals surface area contributed by atoms with E-state index in [-0.39, 0.29) is 23.3 Å². The molecule has 0 aliphatic carbocycles. The monoisotopic (exact) mass is 661 g/mol. The number of halogens is 9. The van der Waals surface area contributed by atoms with Crippen LogP contribution in [0.1, 0.15) is 39.9 Å². The van der Waals surface area contributed by atoms with Crippen molar-refractivity contribution in [3.05, 3.63) is 125 Å². The molecule has 45 heavy (non-hydrogen) atoms. The molecule has 0 aromatic heterocycles. The lowest BCUT2D eigenvalue weighted by Crippen LogP contribution is -2.30. The van der Waals surface area contributed by atoms with Crippen molar-refractivity contribution >= 4 is 11.8 Å². The van der Waals surface area contributed by atoms with Crippen molar-refractivity contribution in [2.24, 2.45) is 0 Å². The third-order valence-corrected chi connectivity index (χ3v) is 7.09. The van der Waals surface area contributed by atoms with E-state index in [1.165, 1.54) is 42.5 Å². The molecule has 4 aromatic carbocycles. The fraction of sp³-hybridized carbons (Fsp3) is 0.226. The second-order valence-corrected chi connectivity index (χ2v) is 10.8. The lowest BCUT2D eigenvalue weighted by atomic mass is 9.96. The normalized spacial score (nSPS) is 13.7. The second kappa shape index (κ2) is 14.0. The number of aliphatic hydroxyl groups is 1. The summed E-state index contributed by atoms with van der Waals surface area (Å²) in [6, 6.07) is 19.4. The van der Waals surface area contributed by atoms with E-state index in [0.717, 1.165) is 24.3 Å². The molecule has 14 heteroatoms. The maximum Gasteiger partial charge on any atom is 0.573 e. The molecule has 0 amide bonds. The van der Waals surface area contributed by atoms with E-state index in [0.29, 0.717) is 28.0 Å². The predicted molar refractivity (Wildman–Crippen MR) is 149 cm³/mol. The van der Waals surface area contributed by atoms with Crippen molar-refractivity contribution in [2.75, 3.05) is 6.61 Å². The van der Waals surface area contributed by atoms with Crippen molar-refractivity contribution in [1.82, 2.24) is 5.32 Å². The zero-order valence-corrected chi connectivity index (χ0v) is 23.7. The minimum atomic E-state index is -4.84. The van der Waals surface area contributed by atoms with Gasteiger partial charge in [-0.3, -0.25) is 5.32 Å². The molecule has 2 N–H and O–H groups in total. The van der Waals surface area contributed by atoms with Crippen molar-refractivity contribution in [3.8, 4) is 11.5 Å². The van der Waals surface area contributed by atoms with Crippen LogP contribution in [0.15, 0.2) is 102 Å². The van der Waals surface area contributed by atoms with Crippen molar-refractivity contribution in [3.63, 3.8) is 0 Å². The zero-order chi connectivity index (χ0) is 32.8. The van der Waals surface area contributed by atoms with Crippen molar-refractivity contribution in [1.29, 1.82) is 0 Å². The summed E-state index contributed by atoms with van der Waals surface area (Å²) in [4.78, 5) is -0.104. The molecule has 0 fully saturated rings. The average Bonchev–Trinajstić information content (AvgIpc) is 2.96. The lowest BCUT2D eigenvalue weighted by molar-refractivity contribution is -0.274. The summed E-state index contributed by atoms with van der Waals surface area (Å²) in [6.45, 7) is -0.598. The Morgan fingerprint density at radius 1 is 0.689 bits per heavy atom. The standard InChI is InChI=1S/C31H24F9NO3S/c32-29(33,34)23-11-9-20(10-12-23)27(17-42)41-28(22-4-2-6-26(16-22)45-31(38,39)40)21-3-1-5-25(15-21)43-18-19-7-13-24(14-8-19)44-30(35,36)37/h1-16,27-28,41-42H,17-18H2. The van der Waals surface area contributed by atoms with E-state index in [2.05, 4.69) is 10.1 Å². The van der Waals surface area contributed by atoms with Crippen LogP contribution in [0.2, 0.25) is 0 Å². The van der Waals surface area contributed by atoms with Gasteiger partial charge in [0.25, 0.3) is 0 Å². The molecule has 0 radical (unpaired) electrons. The molecule has 0 aliphatic rings. The van der Waals surface area contributed by atoms with E-state index in [4.69, 9.17) is 4.74 Å². The molecule has 0 aliphatic heterocycles. The summed E-state index contributed by atoms with van der Waals surface area (Å²) >= 11 is -0.315. The summed E-state index contributed by atoms with van der Waals surface area (Å²) in [5.41, 5.74) is -3.76. The van der Waals surface area contributed by atoms with E-state index in [9.17, 15) is 44.6 Å². The number of benzene rings is 4. The summed E-state index contributed by atoms with van der Waals surface area (Å²) in [7, 11) is 0. The number of rotatable bonds is 11. The van der Waals surface area contributed by atoms with Gasteiger partial charge in [0.2, 0.25) is 0 Å². The number of hydrogen-bond acceptors (Lipinski definition) is 5. The SMILES string of the molecule is OCC(NC(c1cccc(OCc2ccc(OC(F)(F)F)cc2)c1)c1cccc(SC(F)(F)F)c1)c1ccc(C(F)(F)F)cc1. The third-order valence-electron chi connectivity index (χ3n) is 6.37. The maximum atomic E-state index is 13.1.